The Kier molecular flexibility index (Phi) is 3.97. The third-order valence-electron chi connectivity index (χ3n) is 3.28. The Labute approximate surface area is 123 Å². The molecule has 1 aromatic rings. The van der Waals surface area contributed by atoms with Crippen LogP contribution < -0.4 is 10.1 Å². The van der Waals surface area contributed by atoms with E-state index < -0.39 is 11.6 Å². The van der Waals surface area contributed by atoms with Gasteiger partial charge < -0.3 is 10.1 Å². The van der Waals surface area contributed by atoms with Crippen LogP contribution in [0.2, 0.25) is 0 Å². The Hall–Kier alpha value is -2.37. The van der Waals surface area contributed by atoms with Crippen molar-refractivity contribution in [2.75, 3.05) is 13.2 Å². The molecule has 0 unspecified atom stereocenters. The summed E-state index contributed by atoms with van der Waals surface area (Å²) in [5, 5.41) is 2.60. The van der Waals surface area contributed by atoms with Crippen LogP contribution in [0.5, 0.6) is 5.75 Å². The van der Waals surface area contributed by atoms with Crippen molar-refractivity contribution >= 4 is 17.7 Å². The minimum Gasteiger partial charge on any atom is -0.491 e. The molecule has 1 N–H and O–H groups in total. The number of imide groups is 1. The maximum Gasteiger partial charge on any atom is 0.325 e. The van der Waals surface area contributed by atoms with E-state index in [9.17, 15) is 14.4 Å². The van der Waals surface area contributed by atoms with Crippen LogP contribution in [0.15, 0.2) is 24.3 Å². The highest BCUT2D eigenvalue weighted by atomic mass is 16.5. The first-order chi connectivity index (χ1) is 9.83. The molecule has 6 nitrogen and oxygen atoms in total. The second-order valence-electron chi connectivity index (χ2n) is 5.41. The zero-order valence-corrected chi connectivity index (χ0v) is 12.3. The summed E-state index contributed by atoms with van der Waals surface area (Å²) in [6.07, 6.45) is 0. The van der Waals surface area contributed by atoms with Gasteiger partial charge in [-0.05, 0) is 32.9 Å². The Bertz CT molecular complexity index is 595. The van der Waals surface area contributed by atoms with Crippen molar-refractivity contribution in [1.82, 2.24) is 10.2 Å². The Balaban J connectivity index is 1.98. The van der Waals surface area contributed by atoms with Crippen LogP contribution in [-0.4, -0.2) is 41.3 Å². The molecule has 1 fully saturated rings. The number of para-hydroxylation sites is 1. The number of nitrogens with one attached hydrogen (secondary N) is 1. The number of nitrogens with zero attached hydrogens (tertiary/aromatic N) is 1. The number of carbonyl (C=O) groups excluding carboxylic acids is 3. The molecule has 0 saturated carbocycles. The van der Waals surface area contributed by atoms with Gasteiger partial charge in [0, 0.05) is 0 Å². The van der Waals surface area contributed by atoms with Gasteiger partial charge in [-0.2, -0.15) is 0 Å². The number of urea groups is 1. The van der Waals surface area contributed by atoms with Gasteiger partial charge in [0.15, 0.2) is 5.78 Å². The van der Waals surface area contributed by atoms with Gasteiger partial charge in [-0.1, -0.05) is 12.1 Å². The Morgan fingerprint density at radius 3 is 2.52 bits per heavy atom. The fourth-order valence-electron chi connectivity index (χ4n) is 2.15. The summed E-state index contributed by atoms with van der Waals surface area (Å²) < 4.78 is 5.53. The molecule has 21 heavy (non-hydrogen) atoms. The smallest absolute Gasteiger partial charge is 0.325 e. The second-order valence-corrected chi connectivity index (χ2v) is 5.41. The van der Waals surface area contributed by atoms with E-state index in [1.54, 1.807) is 38.1 Å². The first-order valence-electron chi connectivity index (χ1n) is 6.70. The Morgan fingerprint density at radius 2 is 1.95 bits per heavy atom. The molecule has 6 heteroatoms. The van der Waals surface area contributed by atoms with Gasteiger partial charge >= 0.3 is 6.03 Å². The molecule has 1 aliphatic heterocycles. The first kappa shape index (κ1) is 15.0. The molecule has 3 amide bonds. The SMILES string of the molecule is CC(=O)c1ccccc1OCCN1C(=O)NC(C)(C)C1=O. The summed E-state index contributed by atoms with van der Waals surface area (Å²) in [6.45, 7) is 5.04. The van der Waals surface area contributed by atoms with Gasteiger partial charge in [0.05, 0.1) is 12.1 Å². The highest BCUT2D eigenvalue weighted by Gasteiger charge is 2.43. The van der Waals surface area contributed by atoms with Gasteiger partial charge in [0.25, 0.3) is 5.91 Å². The number of ether oxygens (including phenoxy) is 1. The third kappa shape index (κ3) is 3.04. The molecule has 112 valence electrons. The summed E-state index contributed by atoms with van der Waals surface area (Å²) >= 11 is 0. The third-order valence-corrected chi connectivity index (χ3v) is 3.28. The van der Waals surface area contributed by atoms with Crippen molar-refractivity contribution < 1.29 is 19.1 Å². The van der Waals surface area contributed by atoms with E-state index in [-0.39, 0.29) is 24.8 Å². The van der Waals surface area contributed by atoms with E-state index in [1.165, 1.54) is 6.92 Å². The number of hydrogen-bond acceptors (Lipinski definition) is 4. The molecule has 1 aliphatic rings. The quantitative estimate of drug-likeness (QED) is 0.660. The van der Waals surface area contributed by atoms with E-state index in [0.717, 1.165) is 4.90 Å². The van der Waals surface area contributed by atoms with Crippen LogP contribution in [0.3, 0.4) is 0 Å². The zero-order chi connectivity index (χ0) is 15.6. The van der Waals surface area contributed by atoms with Gasteiger partial charge in [0.2, 0.25) is 0 Å². The number of Topliss-reactive ketones (excluding diaryl/α,β-unsaturated/α-hetero) is 1. The number of benzene rings is 1. The highest BCUT2D eigenvalue weighted by molar-refractivity contribution is 6.06. The molecular weight excluding hydrogens is 272 g/mol. The summed E-state index contributed by atoms with van der Waals surface area (Å²) in [5.41, 5.74) is -0.399. The highest BCUT2D eigenvalue weighted by Crippen LogP contribution is 2.19. The van der Waals surface area contributed by atoms with Gasteiger partial charge in [0.1, 0.15) is 17.9 Å². The van der Waals surface area contributed by atoms with Gasteiger partial charge in [-0.15, -0.1) is 0 Å². The number of ketones is 1. The second kappa shape index (κ2) is 5.55. The Morgan fingerprint density at radius 1 is 1.29 bits per heavy atom. The fraction of sp³-hybridized carbons (Fsp3) is 0.400. The summed E-state index contributed by atoms with van der Waals surface area (Å²) in [4.78, 5) is 36.3. The van der Waals surface area contributed by atoms with E-state index in [1.807, 2.05) is 0 Å². The van der Waals surface area contributed by atoms with E-state index in [2.05, 4.69) is 5.32 Å². The van der Waals surface area contributed by atoms with Crippen LogP contribution >= 0.6 is 0 Å². The van der Waals surface area contributed by atoms with Crippen LogP contribution in [-0.2, 0) is 4.79 Å². The van der Waals surface area contributed by atoms with Gasteiger partial charge in [-0.25, -0.2) is 4.79 Å². The molecule has 1 heterocycles. The van der Waals surface area contributed by atoms with Crippen molar-refractivity contribution in [2.45, 2.75) is 26.3 Å². The molecule has 0 atom stereocenters. The lowest BCUT2D eigenvalue weighted by Gasteiger charge is -2.16. The molecule has 1 aromatic carbocycles. The maximum absolute atomic E-state index is 12.0. The zero-order valence-electron chi connectivity index (χ0n) is 12.3. The molecule has 0 aliphatic carbocycles. The average Bonchev–Trinajstić information content (AvgIpc) is 2.61. The van der Waals surface area contributed by atoms with Crippen molar-refractivity contribution in [3.63, 3.8) is 0 Å². The van der Waals surface area contributed by atoms with E-state index >= 15 is 0 Å². The molecule has 2 rings (SSSR count). The lowest BCUT2D eigenvalue weighted by molar-refractivity contribution is -0.130. The van der Waals surface area contributed by atoms with E-state index in [0.29, 0.717) is 11.3 Å². The number of amides is 3. The molecule has 1 saturated heterocycles. The van der Waals surface area contributed by atoms with Crippen molar-refractivity contribution in [1.29, 1.82) is 0 Å². The van der Waals surface area contributed by atoms with Crippen LogP contribution in [0.4, 0.5) is 4.79 Å². The minimum atomic E-state index is -0.881. The predicted octanol–water partition coefficient (Wildman–Crippen LogP) is 1.60. The predicted molar refractivity (Wildman–Crippen MR) is 76.3 cm³/mol. The van der Waals surface area contributed by atoms with Crippen LogP contribution in [0.25, 0.3) is 0 Å². The monoisotopic (exact) mass is 290 g/mol. The first-order valence-corrected chi connectivity index (χ1v) is 6.70. The van der Waals surface area contributed by atoms with Gasteiger partial charge in [-0.3, -0.25) is 14.5 Å². The maximum atomic E-state index is 12.0. The molecule has 0 bridgehead atoms. The largest absolute Gasteiger partial charge is 0.491 e. The van der Waals surface area contributed by atoms with E-state index in [4.69, 9.17) is 4.74 Å². The lowest BCUT2D eigenvalue weighted by atomic mass is 10.1. The van der Waals surface area contributed by atoms with Crippen LogP contribution in [0.1, 0.15) is 31.1 Å². The summed E-state index contributed by atoms with van der Waals surface area (Å²) in [6, 6.07) is 6.46. The van der Waals surface area contributed by atoms with Crippen molar-refractivity contribution in [2.24, 2.45) is 0 Å². The minimum absolute atomic E-state index is 0.0956. The summed E-state index contributed by atoms with van der Waals surface area (Å²) in [7, 11) is 0. The fourth-order valence-corrected chi connectivity index (χ4v) is 2.15. The number of rotatable bonds is 5. The van der Waals surface area contributed by atoms with Crippen molar-refractivity contribution in [3.05, 3.63) is 29.8 Å². The molecular formula is C15H18N2O4. The molecule has 0 spiro atoms. The number of hydrogen-bond donors (Lipinski definition) is 1. The molecule has 0 radical (unpaired) electrons. The number of carbonyl (C=O) groups is 3. The molecule has 0 aromatic heterocycles. The lowest BCUT2D eigenvalue weighted by Crippen LogP contribution is -2.40. The average molecular weight is 290 g/mol. The van der Waals surface area contributed by atoms with Crippen molar-refractivity contribution in [3.8, 4) is 5.75 Å². The summed E-state index contributed by atoms with van der Waals surface area (Å²) in [5.74, 6) is 0.0778. The topological polar surface area (TPSA) is 75.7 Å². The standard InChI is InChI=1S/C15H18N2O4/c1-10(18)11-6-4-5-7-12(11)21-9-8-17-13(19)15(2,3)16-14(17)20/h4-7H,8-9H2,1-3H3,(H,16,20). The van der Waals surface area contributed by atoms with Crippen LogP contribution in [0, 0.1) is 0 Å². The normalized spacial score (nSPS) is 16.8.